The fraction of sp³-hybridized carbons (Fsp3) is 0.312. The Hall–Kier alpha value is -0.920. The molecule has 3 nitrogen and oxygen atoms in total. The van der Waals surface area contributed by atoms with Crippen LogP contribution in [0.1, 0.15) is 23.4 Å². The third-order valence-electron chi connectivity index (χ3n) is 3.47. The monoisotopic (exact) mass is 414 g/mol. The van der Waals surface area contributed by atoms with Gasteiger partial charge in [-0.2, -0.15) is 0 Å². The molecule has 0 saturated heterocycles. The Morgan fingerprint density at radius 2 is 2.19 bits per heavy atom. The van der Waals surface area contributed by atoms with Crippen LogP contribution >= 0.6 is 33.9 Å². The largest absolute Gasteiger partial charge is 0.325 e. The van der Waals surface area contributed by atoms with E-state index in [1.807, 2.05) is 32.2 Å². The summed E-state index contributed by atoms with van der Waals surface area (Å²) in [6.07, 6.45) is 0. The van der Waals surface area contributed by atoms with Crippen molar-refractivity contribution in [1.82, 2.24) is 4.90 Å². The molecule has 1 atom stereocenters. The van der Waals surface area contributed by atoms with Crippen molar-refractivity contribution in [2.45, 2.75) is 19.9 Å². The summed E-state index contributed by atoms with van der Waals surface area (Å²) in [5.74, 6) is 0.0187. The molecule has 0 bridgehead atoms. The van der Waals surface area contributed by atoms with Crippen LogP contribution < -0.4 is 5.32 Å². The number of nitrogens with zero attached hydrogens (tertiary/aromatic N) is 1. The number of anilines is 1. The number of carbonyl (C=O) groups is 1. The van der Waals surface area contributed by atoms with E-state index in [4.69, 9.17) is 0 Å². The van der Waals surface area contributed by atoms with Crippen molar-refractivity contribution in [3.05, 3.63) is 49.7 Å². The standard InChI is InChI=1S/C16H19IN2OS/c1-11-9-13(17)6-7-14(11)18-16(20)10-19(3)12(2)15-5-4-8-21-15/h4-9,12H,10H2,1-3H3,(H,18,20). The number of benzene rings is 1. The van der Waals surface area contributed by atoms with Gasteiger partial charge < -0.3 is 5.32 Å². The maximum atomic E-state index is 12.2. The van der Waals surface area contributed by atoms with E-state index in [1.165, 1.54) is 8.45 Å². The highest BCUT2D eigenvalue weighted by molar-refractivity contribution is 14.1. The molecule has 1 unspecified atom stereocenters. The molecule has 112 valence electrons. The molecule has 1 N–H and O–H groups in total. The second-order valence-electron chi connectivity index (χ2n) is 5.11. The average molecular weight is 414 g/mol. The Labute approximate surface area is 143 Å². The van der Waals surface area contributed by atoms with E-state index in [-0.39, 0.29) is 11.9 Å². The Bertz CT molecular complexity index is 613. The lowest BCUT2D eigenvalue weighted by molar-refractivity contribution is -0.117. The number of rotatable bonds is 5. The molecule has 5 heteroatoms. The van der Waals surface area contributed by atoms with Crippen LogP contribution in [0, 0.1) is 10.5 Å². The number of likely N-dealkylation sites (N-methyl/N-ethyl adjacent to an activating group) is 1. The molecular weight excluding hydrogens is 395 g/mol. The number of hydrogen-bond acceptors (Lipinski definition) is 3. The summed E-state index contributed by atoms with van der Waals surface area (Å²) >= 11 is 3.99. The molecule has 21 heavy (non-hydrogen) atoms. The summed E-state index contributed by atoms with van der Waals surface area (Å²) < 4.78 is 1.17. The topological polar surface area (TPSA) is 32.3 Å². The van der Waals surface area contributed by atoms with Gasteiger partial charge in [0, 0.05) is 20.2 Å². The SMILES string of the molecule is Cc1cc(I)ccc1NC(=O)CN(C)C(C)c1cccs1. The zero-order chi connectivity index (χ0) is 15.4. The van der Waals surface area contributed by atoms with E-state index in [9.17, 15) is 4.79 Å². The van der Waals surface area contributed by atoms with Gasteiger partial charge in [0.15, 0.2) is 0 Å². The second kappa shape index (κ2) is 7.38. The normalized spacial score (nSPS) is 12.4. The number of carbonyl (C=O) groups excluding carboxylic acids is 1. The van der Waals surface area contributed by atoms with Crippen LogP contribution in [0.25, 0.3) is 0 Å². The number of amides is 1. The lowest BCUT2D eigenvalue weighted by Gasteiger charge is -2.23. The quantitative estimate of drug-likeness (QED) is 0.741. The van der Waals surface area contributed by atoms with Crippen molar-refractivity contribution >= 4 is 45.5 Å². The molecular formula is C16H19IN2OS. The third kappa shape index (κ3) is 4.52. The first kappa shape index (κ1) is 16.5. The van der Waals surface area contributed by atoms with Crippen LogP contribution in [0.5, 0.6) is 0 Å². The fourth-order valence-electron chi connectivity index (χ4n) is 2.07. The fourth-order valence-corrected chi connectivity index (χ4v) is 3.56. The predicted octanol–water partition coefficient (Wildman–Crippen LogP) is 4.29. The van der Waals surface area contributed by atoms with Crippen LogP contribution in [0.2, 0.25) is 0 Å². The van der Waals surface area contributed by atoms with Gasteiger partial charge in [0.1, 0.15) is 0 Å². The molecule has 2 rings (SSSR count). The van der Waals surface area contributed by atoms with Gasteiger partial charge in [0.2, 0.25) is 5.91 Å². The second-order valence-corrected chi connectivity index (χ2v) is 7.34. The Balaban J connectivity index is 1.95. The average Bonchev–Trinajstić information content (AvgIpc) is 2.95. The van der Waals surface area contributed by atoms with E-state index in [2.05, 4.69) is 57.2 Å². The first-order valence-corrected chi connectivity index (χ1v) is 8.73. The van der Waals surface area contributed by atoms with Crippen molar-refractivity contribution < 1.29 is 4.79 Å². The Morgan fingerprint density at radius 1 is 1.43 bits per heavy atom. The van der Waals surface area contributed by atoms with Crippen LogP contribution in [0.3, 0.4) is 0 Å². The van der Waals surface area contributed by atoms with Gasteiger partial charge in [0.25, 0.3) is 0 Å². The van der Waals surface area contributed by atoms with Gasteiger partial charge in [-0.3, -0.25) is 9.69 Å². The third-order valence-corrected chi connectivity index (χ3v) is 5.19. The Morgan fingerprint density at radius 3 is 2.81 bits per heavy atom. The van der Waals surface area contributed by atoms with Crippen molar-refractivity contribution in [3.63, 3.8) is 0 Å². The highest BCUT2D eigenvalue weighted by Crippen LogP contribution is 2.23. The molecule has 0 fully saturated rings. The number of halogens is 1. The molecule has 1 aromatic carbocycles. The van der Waals surface area contributed by atoms with Crippen LogP contribution in [0.4, 0.5) is 5.69 Å². The van der Waals surface area contributed by atoms with Crippen LogP contribution in [-0.4, -0.2) is 24.4 Å². The molecule has 0 radical (unpaired) electrons. The van der Waals surface area contributed by atoms with E-state index in [1.54, 1.807) is 11.3 Å². The lowest BCUT2D eigenvalue weighted by atomic mass is 10.2. The molecule has 0 aliphatic heterocycles. The molecule has 0 aliphatic carbocycles. The number of aryl methyl sites for hydroxylation is 1. The molecule has 1 aromatic heterocycles. The molecule has 1 amide bonds. The van der Waals surface area contributed by atoms with Crippen molar-refractivity contribution in [1.29, 1.82) is 0 Å². The van der Waals surface area contributed by atoms with Gasteiger partial charge in [-0.05, 0) is 78.7 Å². The van der Waals surface area contributed by atoms with Crippen molar-refractivity contribution in [3.8, 4) is 0 Å². The van der Waals surface area contributed by atoms with E-state index >= 15 is 0 Å². The number of nitrogens with one attached hydrogen (secondary N) is 1. The van der Waals surface area contributed by atoms with Crippen molar-refractivity contribution in [2.24, 2.45) is 0 Å². The predicted molar refractivity (Wildman–Crippen MR) is 97.9 cm³/mol. The summed E-state index contributed by atoms with van der Waals surface area (Å²) in [6, 6.07) is 10.4. The van der Waals surface area contributed by atoms with Gasteiger partial charge in [-0.15, -0.1) is 11.3 Å². The summed E-state index contributed by atoms with van der Waals surface area (Å²) in [5.41, 5.74) is 1.97. The highest BCUT2D eigenvalue weighted by atomic mass is 127. The molecule has 0 spiro atoms. The van der Waals surface area contributed by atoms with E-state index < -0.39 is 0 Å². The first-order chi connectivity index (χ1) is 9.97. The molecule has 2 aromatic rings. The molecule has 1 heterocycles. The zero-order valence-electron chi connectivity index (χ0n) is 12.4. The van der Waals surface area contributed by atoms with Gasteiger partial charge in [0.05, 0.1) is 6.54 Å². The van der Waals surface area contributed by atoms with Crippen molar-refractivity contribution in [2.75, 3.05) is 18.9 Å². The van der Waals surface area contributed by atoms with Gasteiger partial charge in [-0.1, -0.05) is 6.07 Å². The minimum Gasteiger partial charge on any atom is -0.325 e. The van der Waals surface area contributed by atoms with Crippen LogP contribution in [-0.2, 0) is 4.79 Å². The summed E-state index contributed by atoms with van der Waals surface area (Å²) in [4.78, 5) is 15.5. The maximum absolute atomic E-state index is 12.2. The van der Waals surface area contributed by atoms with E-state index in [0.29, 0.717) is 6.54 Å². The summed E-state index contributed by atoms with van der Waals surface area (Å²) in [6.45, 7) is 4.51. The number of hydrogen-bond donors (Lipinski definition) is 1. The summed E-state index contributed by atoms with van der Waals surface area (Å²) in [5, 5.41) is 5.05. The lowest BCUT2D eigenvalue weighted by Crippen LogP contribution is -2.32. The minimum absolute atomic E-state index is 0.0187. The van der Waals surface area contributed by atoms with Crippen LogP contribution in [0.15, 0.2) is 35.7 Å². The minimum atomic E-state index is 0.0187. The molecule has 0 saturated carbocycles. The van der Waals surface area contributed by atoms with E-state index in [0.717, 1.165) is 11.3 Å². The van der Waals surface area contributed by atoms with Gasteiger partial charge in [-0.25, -0.2) is 0 Å². The first-order valence-electron chi connectivity index (χ1n) is 6.77. The Kier molecular flexibility index (Phi) is 5.78. The summed E-state index contributed by atoms with van der Waals surface area (Å²) in [7, 11) is 1.98. The zero-order valence-corrected chi connectivity index (χ0v) is 15.4. The smallest absolute Gasteiger partial charge is 0.238 e. The maximum Gasteiger partial charge on any atom is 0.238 e. The van der Waals surface area contributed by atoms with Gasteiger partial charge >= 0.3 is 0 Å². The highest BCUT2D eigenvalue weighted by Gasteiger charge is 2.16. The molecule has 0 aliphatic rings. The number of thiophene rings is 1.